The Bertz CT molecular complexity index is 986. The number of ketones is 1. The van der Waals surface area contributed by atoms with E-state index >= 15 is 0 Å². The van der Waals surface area contributed by atoms with Crippen LogP contribution in [-0.2, 0) is 36.9 Å². The molecule has 2 aromatic heterocycles. The second-order valence-electron chi connectivity index (χ2n) is 7.83. The van der Waals surface area contributed by atoms with Crippen molar-refractivity contribution in [1.82, 2.24) is 9.97 Å². The van der Waals surface area contributed by atoms with Gasteiger partial charge in [0.05, 0.1) is 5.76 Å². The molecule has 1 aromatic carbocycles. The van der Waals surface area contributed by atoms with Crippen LogP contribution >= 0.6 is 0 Å². The molecule has 5 nitrogen and oxygen atoms in total. The molecule has 2 heterocycles. The van der Waals surface area contributed by atoms with E-state index in [9.17, 15) is 4.79 Å². The van der Waals surface area contributed by atoms with Crippen LogP contribution in [0.15, 0.2) is 78.7 Å². The van der Waals surface area contributed by atoms with E-state index in [0.717, 1.165) is 22.6 Å². The minimum Gasteiger partial charge on any atom is -0.656 e. The Morgan fingerprint density at radius 1 is 1.09 bits per heavy atom. The summed E-state index contributed by atoms with van der Waals surface area (Å²) in [6.45, 7) is 8.54. The van der Waals surface area contributed by atoms with E-state index in [1.165, 1.54) is 19.9 Å². The molecule has 0 saturated heterocycles. The number of carbonyl (C=O) groups excluding carboxylic acids is 1. The predicted octanol–water partition coefficient (Wildman–Crippen LogP) is 5.83. The van der Waals surface area contributed by atoms with E-state index in [1.54, 1.807) is 6.20 Å². The van der Waals surface area contributed by atoms with Crippen LogP contribution in [0.1, 0.15) is 39.1 Å². The van der Waals surface area contributed by atoms with Gasteiger partial charge in [0.1, 0.15) is 0 Å². The largest absolute Gasteiger partial charge is 0.656 e. The third-order valence-electron chi connectivity index (χ3n) is 4.35. The molecule has 32 heavy (non-hydrogen) atoms. The molecular formula is C26H29IrN3O2-2. The third-order valence-corrected chi connectivity index (χ3v) is 4.35. The molecule has 0 bridgehead atoms. The van der Waals surface area contributed by atoms with Gasteiger partial charge >= 0.3 is 0 Å². The van der Waals surface area contributed by atoms with Gasteiger partial charge in [-0.25, -0.2) is 0 Å². The van der Waals surface area contributed by atoms with Crippen LogP contribution in [0.3, 0.4) is 0 Å². The monoisotopic (exact) mass is 608 g/mol. The van der Waals surface area contributed by atoms with Crippen LogP contribution in [0, 0.1) is 6.07 Å². The van der Waals surface area contributed by atoms with Gasteiger partial charge in [0.15, 0.2) is 5.78 Å². The summed E-state index contributed by atoms with van der Waals surface area (Å²) >= 11 is 0. The van der Waals surface area contributed by atoms with Crippen LogP contribution in [0.4, 0.5) is 0 Å². The van der Waals surface area contributed by atoms with Gasteiger partial charge in [-0.1, -0.05) is 32.0 Å². The summed E-state index contributed by atoms with van der Waals surface area (Å²) in [6.07, 6.45) is 2.97. The molecule has 0 aliphatic carbocycles. The van der Waals surface area contributed by atoms with E-state index in [1.807, 2.05) is 48.5 Å². The zero-order valence-electron chi connectivity index (χ0n) is 18.9. The Morgan fingerprint density at radius 2 is 1.84 bits per heavy atom. The van der Waals surface area contributed by atoms with Crippen molar-refractivity contribution in [3.63, 3.8) is 0 Å². The van der Waals surface area contributed by atoms with Crippen molar-refractivity contribution in [3.05, 3.63) is 101 Å². The van der Waals surface area contributed by atoms with Gasteiger partial charge in [-0.05, 0) is 43.2 Å². The predicted molar refractivity (Wildman–Crippen MR) is 125 cm³/mol. The third kappa shape index (κ3) is 9.65. The molecule has 0 spiro atoms. The number of nitrogens with zero attached hydrogens (tertiary/aromatic N) is 3. The summed E-state index contributed by atoms with van der Waals surface area (Å²) in [5.41, 5.74) is 3.88. The summed E-state index contributed by atoms with van der Waals surface area (Å²) in [7, 11) is 0. The molecule has 0 aliphatic rings. The van der Waals surface area contributed by atoms with Gasteiger partial charge in [-0.15, -0.1) is 49.0 Å². The van der Waals surface area contributed by atoms with Crippen LogP contribution < -0.4 is 0 Å². The zero-order chi connectivity index (χ0) is 22.7. The molecular weight excluding hydrogens is 579 g/mol. The SMILES string of the molecule is CC(=O)/C=C(/C)O.CC(C)(C[N-]Cc1ccccn1)c1cccc(-c2[c-]cccc2)n1.[Ir]. The minimum absolute atomic E-state index is 0. The fourth-order valence-corrected chi connectivity index (χ4v) is 2.83. The van der Waals surface area contributed by atoms with Crippen molar-refractivity contribution in [2.45, 2.75) is 39.7 Å². The zero-order valence-corrected chi connectivity index (χ0v) is 21.3. The first-order valence-electron chi connectivity index (χ1n) is 10.1. The van der Waals surface area contributed by atoms with Crippen molar-refractivity contribution in [2.24, 2.45) is 0 Å². The Labute approximate surface area is 204 Å². The number of carbonyl (C=O) groups is 1. The van der Waals surface area contributed by atoms with Gasteiger partial charge in [0, 0.05) is 43.8 Å². The number of rotatable bonds is 7. The molecule has 0 amide bonds. The Balaban J connectivity index is 0.000000558. The van der Waals surface area contributed by atoms with Gasteiger partial charge < -0.3 is 15.4 Å². The molecule has 0 aliphatic heterocycles. The number of aliphatic hydroxyl groups is 1. The van der Waals surface area contributed by atoms with Gasteiger partial charge in [-0.2, -0.15) is 0 Å². The van der Waals surface area contributed by atoms with Gasteiger partial charge in [0.25, 0.3) is 0 Å². The molecule has 6 heteroatoms. The van der Waals surface area contributed by atoms with Crippen LogP contribution in [-0.4, -0.2) is 27.4 Å². The van der Waals surface area contributed by atoms with Crippen molar-refractivity contribution in [2.75, 3.05) is 6.54 Å². The molecule has 0 fully saturated rings. The van der Waals surface area contributed by atoms with E-state index in [2.05, 4.69) is 42.3 Å². The average Bonchev–Trinajstić information content (AvgIpc) is 2.75. The first-order chi connectivity index (χ1) is 14.8. The Hall–Kier alpha value is -2.66. The molecule has 0 saturated carbocycles. The van der Waals surface area contributed by atoms with E-state index < -0.39 is 0 Å². The van der Waals surface area contributed by atoms with E-state index in [0.29, 0.717) is 13.1 Å². The molecule has 3 rings (SSSR count). The second-order valence-corrected chi connectivity index (χ2v) is 7.83. The molecule has 3 aromatic rings. The van der Waals surface area contributed by atoms with Crippen molar-refractivity contribution in [3.8, 4) is 11.3 Å². The summed E-state index contributed by atoms with van der Waals surface area (Å²) < 4.78 is 0. The first-order valence-corrected chi connectivity index (χ1v) is 10.1. The Kier molecular flexibility index (Phi) is 11.7. The standard InChI is InChI=1S/C21H21N3.C5H8O2.Ir/c1-21(2,16-22-15-18-11-6-7-14-23-18)20-13-8-12-19(24-20)17-9-4-3-5-10-17;1-4(6)3-5(2)7;/h3-9,11-14H,15-16H2,1-2H3;3,6H,1-2H3;/q-2;;/b;4-3-;. The maximum Gasteiger partial charge on any atom is 0.155 e. The summed E-state index contributed by atoms with van der Waals surface area (Å²) in [5.74, 6) is -0.0625. The number of benzene rings is 1. The van der Waals surface area contributed by atoms with Crippen molar-refractivity contribution in [1.29, 1.82) is 0 Å². The molecule has 1 radical (unpaired) electrons. The second kappa shape index (κ2) is 13.7. The van der Waals surface area contributed by atoms with E-state index in [4.69, 9.17) is 10.1 Å². The number of pyridine rings is 2. The number of aliphatic hydroxyl groups excluding tert-OH is 1. The van der Waals surface area contributed by atoms with E-state index in [-0.39, 0.29) is 37.1 Å². The number of hydrogen-bond acceptors (Lipinski definition) is 4. The van der Waals surface area contributed by atoms with Crippen LogP contribution in [0.2, 0.25) is 0 Å². The summed E-state index contributed by atoms with van der Waals surface area (Å²) in [5, 5.41) is 13.0. The molecule has 0 unspecified atom stereocenters. The maximum absolute atomic E-state index is 10.0. The van der Waals surface area contributed by atoms with Crippen LogP contribution in [0.25, 0.3) is 16.6 Å². The summed E-state index contributed by atoms with van der Waals surface area (Å²) in [6, 6.07) is 23.2. The molecule has 171 valence electrons. The number of allylic oxidation sites excluding steroid dienone is 2. The minimum atomic E-state index is -0.125. The van der Waals surface area contributed by atoms with Crippen LogP contribution in [0.5, 0.6) is 0 Å². The average molecular weight is 608 g/mol. The van der Waals surface area contributed by atoms with Crippen molar-refractivity contribution < 1.29 is 30.0 Å². The van der Waals surface area contributed by atoms with Crippen molar-refractivity contribution >= 4 is 5.78 Å². The summed E-state index contributed by atoms with van der Waals surface area (Å²) in [4.78, 5) is 19.2. The van der Waals surface area contributed by atoms with Gasteiger partial charge in [0.2, 0.25) is 0 Å². The fraction of sp³-hybridized carbons (Fsp3) is 0.269. The topological polar surface area (TPSA) is 77.2 Å². The normalized spacial score (nSPS) is 11.1. The smallest absolute Gasteiger partial charge is 0.155 e. The quantitative estimate of drug-likeness (QED) is 0.208. The number of hydrogen-bond donors (Lipinski definition) is 1. The van der Waals surface area contributed by atoms with Gasteiger partial charge in [-0.3, -0.25) is 9.78 Å². The Morgan fingerprint density at radius 3 is 2.41 bits per heavy atom. The maximum atomic E-state index is 10.0. The number of aromatic nitrogens is 2. The fourth-order valence-electron chi connectivity index (χ4n) is 2.83. The molecule has 1 N–H and O–H groups in total. The molecule has 0 atom stereocenters. The first kappa shape index (κ1) is 27.4.